The molecule has 0 aliphatic rings. The van der Waals surface area contributed by atoms with Crippen molar-refractivity contribution in [1.82, 2.24) is 20.2 Å². The van der Waals surface area contributed by atoms with E-state index in [0.29, 0.717) is 5.82 Å². The van der Waals surface area contributed by atoms with Crippen molar-refractivity contribution < 1.29 is 0 Å². The van der Waals surface area contributed by atoms with Crippen molar-refractivity contribution >= 4 is 0 Å². The van der Waals surface area contributed by atoms with E-state index in [-0.39, 0.29) is 6.54 Å². The van der Waals surface area contributed by atoms with Gasteiger partial charge in [0, 0.05) is 5.56 Å². The molecule has 0 N–H and O–H groups in total. The van der Waals surface area contributed by atoms with Gasteiger partial charge >= 0.3 is 0 Å². The van der Waals surface area contributed by atoms with Crippen LogP contribution in [0.2, 0.25) is 0 Å². The summed E-state index contributed by atoms with van der Waals surface area (Å²) in [6.45, 7) is 2.27. The average Bonchev–Trinajstić information content (AvgIpc) is 2.78. The van der Waals surface area contributed by atoms with Gasteiger partial charge in [0.2, 0.25) is 0 Å². The molecule has 0 aliphatic carbocycles. The summed E-state index contributed by atoms with van der Waals surface area (Å²) in [6, 6.07) is 10.0. The van der Waals surface area contributed by atoms with Gasteiger partial charge in [0.05, 0.1) is 6.07 Å². The molecular weight excluding hydrogens is 202 g/mol. The molecule has 5 nitrogen and oxygen atoms in total. The highest BCUT2D eigenvalue weighted by Crippen LogP contribution is 2.16. The second-order valence-electron chi connectivity index (χ2n) is 3.37. The van der Waals surface area contributed by atoms with Crippen LogP contribution in [0.1, 0.15) is 12.5 Å². The Bertz CT molecular complexity index is 506. The first-order valence-corrected chi connectivity index (χ1v) is 5.07. The lowest BCUT2D eigenvalue weighted by Gasteiger charge is -2.01. The first kappa shape index (κ1) is 10.3. The smallest absolute Gasteiger partial charge is 0.183 e. The molecular formula is C11H11N5. The molecule has 16 heavy (non-hydrogen) atoms. The summed E-state index contributed by atoms with van der Waals surface area (Å²) in [6.07, 6.45) is 1.00. The molecule has 0 radical (unpaired) electrons. The molecule has 0 fully saturated rings. The van der Waals surface area contributed by atoms with E-state index < -0.39 is 0 Å². The van der Waals surface area contributed by atoms with Gasteiger partial charge in [-0.3, -0.25) is 0 Å². The van der Waals surface area contributed by atoms with Crippen LogP contribution in [-0.2, 0) is 13.0 Å². The molecule has 5 heteroatoms. The van der Waals surface area contributed by atoms with Crippen LogP contribution >= 0.6 is 0 Å². The molecule has 2 aromatic rings. The zero-order valence-corrected chi connectivity index (χ0v) is 8.96. The van der Waals surface area contributed by atoms with Crippen molar-refractivity contribution in [3.8, 4) is 17.5 Å². The predicted octanol–water partition coefficient (Wildman–Crippen LogP) is 1.43. The molecule has 0 unspecified atom stereocenters. The van der Waals surface area contributed by atoms with Crippen molar-refractivity contribution in [2.75, 3.05) is 0 Å². The Labute approximate surface area is 93.3 Å². The molecule has 0 spiro atoms. The Balaban J connectivity index is 2.35. The molecule has 0 atom stereocenters. The van der Waals surface area contributed by atoms with E-state index in [2.05, 4.69) is 22.4 Å². The Morgan fingerprint density at radius 2 is 2.06 bits per heavy atom. The summed E-state index contributed by atoms with van der Waals surface area (Å²) < 4.78 is 1.49. The second kappa shape index (κ2) is 4.53. The minimum atomic E-state index is 0.165. The summed E-state index contributed by atoms with van der Waals surface area (Å²) in [4.78, 5) is 0. The fourth-order valence-corrected chi connectivity index (χ4v) is 1.47. The summed E-state index contributed by atoms with van der Waals surface area (Å²) in [5.74, 6) is 0.629. The number of tetrazole rings is 1. The molecule has 0 amide bonds. The number of hydrogen-bond acceptors (Lipinski definition) is 4. The number of aromatic nitrogens is 4. The van der Waals surface area contributed by atoms with Crippen LogP contribution in [0.4, 0.5) is 0 Å². The maximum Gasteiger partial charge on any atom is 0.183 e. The number of nitriles is 1. The Morgan fingerprint density at radius 3 is 2.69 bits per heavy atom. The molecule has 0 saturated heterocycles. The van der Waals surface area contributed by atoms with Crippen molar-refractivity contribution in [3.63, 3.8) is 0 Å². The van der Waals surface area contributed by atoms with Gasteiger partial charge in [-0.2, -0.15) is 5.26 Å². The molecule has 0 saturated carbocycles. The number of rotatable bonds is 3. The third kappa shape index (κ3) is 1.91. The van der Waals surface area contributed by atoms with Gasteiger partial charge in [-0.1, -0.05) is 31.2 Å². The molecule has 1 aromatic heterocycles. The van der Waals surface area contributed by atoms with E-state index in [4.69, 9.17) is 5.26 Å². The van der Waals surface area contributed by atoms with E-state index in [9.17, 15) is 0 Å². The van der Waals surface area contributed by atoms with Gasteiger partial charge in [-0.05, 0) is 22.4 Å². The van der Waals surface area contributed by atoms with Crippen LogP contribution in [-0.4, -0.2) is 20.2 Å². The highest BCUT2D eigenvalue weighted by Gasteiger charge is 2.07. The van der Waals surface area contributed by atoms with E-state index in [0.717, 1.165) is 12.0 Å². The van der Waals surface area contributed by atoms with E-state index in [1.807, 2.05) is 30.3 Å². The molecule has 80 valence electrons. The largest absolute Gasteiger partial charge is 0.211 e. The third-order valence-electron chi connectivity index (χ3n) is 2.37. The SMILES string of the molecule is CCc1ccc(-c2nnnn2CC#N)cc1. The standard InChI is InChI=1S/C11H11N5/c1-2-9-3-5-10(6-4-9)11-13-14-15-16(11)8-7-12/h3-6H,2,8H2,1H3. The van der Waals surface area contributed by atoms with Crippen LogP contribution in [0.3, 0.4) is 0 Å². The lowest BCUT2D eigenvalue weighted by molar-refractivity contribution is 0.671. The Hall–Kier alpha value is -2.22. The van der Waals surface area contributed by atoms with Crippen LogP contribution in [0.15, 0.2) is 24.3 Å². The summed E-state index contributed by atoms with van der Waals surface area (Å²) in [5, 5.41) is 19.9. The van der Waals surface area contributed by atoms with Crippen molar-refractivity contribution in [3.05, 3.63) is 29.8 Å². The molecule has 1 heterocycles. The van der Waals surface area contributed by atoms with E-state index in [1.54, 1.807) is 0 Å². The first-order chi connectivity index (χ1) is 7.85. The van der Waals surface area contributed by atoms with Crippen LogP contribution in [0.25, 0.3) is 11.4 Å². The topological polar surface area (TPSA) is 67.4 Å². The molecule has 0 aliphatic heterocycles. The minimum absolute atomic E-state index is 0.165. The van der Waals surface area contributed by atoms with Crippen molar-refractivity contribution in [2.45, 2.75) is 19.9 Å². The van der Waals surface area contributed by atoms with E-state index in [1.165, 1.54) is 10.2 Å². The quantitative estimate of drug-likeness (QED) is 0.773. The van der Waals surface area contributed by atoms with Gasteiger partial charge in [0.1, 0.15) is 6.54 Å². The monoisotopic (exact) mass is 213 g/mol. The third-order valence-corrected chi connectivity index (χ3v) is 2.37. The van der Waals surface area contributed by atoms with Crippen LogP contribution in [0.5, 0.6) is 0 Å². The zero-order chi connectivity index (χ0) is 11.4. The Kier molecular flexibility index (Phi) is 2.92. The number of nitrogens with zero attached hydrogens (tertiary/aromatic N) is 5. The molecule has 1 aromatic carbocycles. The highest BCUT2D eigenvalue weighted by molar-refractivity contribution is 5.55. The number of aryl methyl sites for hydroxylation is 1. The summed E-state index contributed by atoms with van der Waals surface area (Å²) >= 11 is 0. The highest BCUT2D eigenvalue weighted by atomic mass is 15.5. The van der Waals surface area contributed by atoms with Gasteiger partial charge in [0.25, 0.3) is 0 Å². The fraction of sp³-hybridized carbons (Fsp3) is 0.273. The number of benzene rings is 1. The lowest BCUT2D eigenvalue weighted by Crippen LogP contribution is -2.01. The van der Waals surface area contributed by atoms with Crippen LogP contribution in [0, 0.1) is 11.3 Å². The molecule has 2 rings (SSSR count). The summed E-state index contributed by atoms with van der Waals surface area (Å²) in [5.41, 5.74) is 2.19. The van der Waals surface area contributed by atoms with Gasteiger partial charge < -0.3 is 0 Å². The van der Waals surface area contributed by atoms with Crippen molar-refractivity contribution in [2.24, 2.45) is 0 Å². The molecule has 0 bridgehead atoms. The Morgan fingerprint density at radius 1 is 1.31 bits per heavy atom. The minimum Gasteiger partial charge on any atom is -0.211 e. The van der Waals surface area contributed by atoms with E-state index >= 15 is 0 Å². The number of hydrogen-bond donors (Lipinski definition) is 0. The van der Waals surface area contributed by atoms with Gasteiger partial charge in [0.15, 0.2) is 5.82 Å². The van der Waals surface area contributed by atoms with Gasteiger partial charge in [-0.15, -0.1) is 5.10 Å². The lowest BCUT2D eigenvalue weighted by atomic mass is 10.1. The summed E-state index contributed by atoms with van der Waals surface area (Å²) in [7, 11) is 0. The average molecular weight is 213 g/mol. The predicted molar refractivity (Wildman–Crippen MR) is 58.2 cm³/mol. The fourth-order valence-electron chi connectivity index (χ4n) is 1.47. The van der Waals surface area contributed by atoms with Gasteiger partial charge in [-0.25, -0.2) is 4.68 Å². The first-order valence-electron chi connectivity index (χ1n) is 5.07. The second-order valence-corrected chi connectivity index (χ2v) is 3.37. The van der Waals surface area contributed by atoms with Crippen molar-refractivity contribution in [1.29, 1.82) is 5.26 Å². The van der Waals surface area contributed by atoms with Crippen LogP contribution < -0.4 is 0 Å². The maximum atomic E-state index is 8.63. The normalized spacial score (nSPS) is 10.0. The maximum absolute atomic E-state index is 8.63. The zero-order valence-electron chi connectivity index (χ0n) is 8.96.